The Bertz CT molecular complexity index is 213. The molecule has 0 amide bonds. The van der Waals surface area contributed by atoms with E-state index in [4.69, 9.17) is 4.74 Å². The average Bonchev–Trinajstić information content (AvgIpc) is 2.15. The Morgan fingerprint density at radius 3 is 1.60 bits per heavy atom. The maximum Gasteiger partial charge on any atom is 0.0656 e. The Morgan fingerprint density at radius 2 is 1.33 bits per heavy atom. The van der Waals surface area contributed by atoms with E-state index in [-0.39, 0.29) is 0 Å². The van der Waals surface area contributed by atoms with Gasteiger partial charge < -0.3 is 4.74 Å². The molecule has 0 saturated heterocycles. The molecule has 2 atom stereocenters. The minimum atomic E-state index is 0.332. The summed E-state index contributed by atoms with van der Waals surface area (Å²) >= 11 is 0. The maximum atomic E-state index is 5.59. The molecular weight excluding hydrogens is 184 g/mol. The molecule has 1 unspecified atom stereocenters. The summed E-state index contributed by atoms with van der Waals surface area (Å²) in [5.74, 6) is 1.72. The van der Waals surface area contributed by atoms with E-state index in [0.29, 0.717) is 23.9 Å². The predicted octanol–water partition coefficient (Wildman–Crippen LogP) is 4.29. The second kappa shape index (κ2) is 6.32. The SMILES string of the molecule is COC(C(C)C)[C@@H](C)/C(C)=C(/C)C(C)C. The van der Waals surface area contributed by atoms with Crippen LogP contribution < -0.4 is 0 Å². The molecule has 0 spiro atoms. The van der Waals surface area contributed by atoms with Gasteiger partial charge in [-0.3, -0.25) is 0 Å². The van der Waals surface area contributed by atoms with E-state index in [1.165, 1.54) is 11.1 Å². The van der Waals surface area contributed by atoms with Crippen LogP contribution in [0.2, 0.25) is 0 Å². The zero-order chi connectivity index (χ0) is 12.2. The molecule has 0 saturated carbocycles. The lowest BCUT2D eigenvalue weighted by molar-refractivity contribution is 0.0340. The van der Waals surface area contributed by atoms with Gasteiger partial charge in [0.2, 0.25) is 0 Å². The highest BCUT2D eigenvalue weighted by molar-refractivity contribution is 5.15. The highest BCUT2D eigenvalue weighted by Gasteiger charge is 2.22. The molecule has 0 aliphatic rings. The Balaban J connectivity index is 4.82. The van der Waals surface area contributed by atoms with Gasteiger partial charge in [0.1, 0.15) is 0 Å². The fraction of sp³-hybridized carbons (Fsp3) is 0.857. The van der Waals surface area contributed by atoms with Crippen LogP contribution in [0.5, 0.6) is 0 Å². The van der Waals surface area contributed by atoms with Crippen molar-refractivity contribution in [3.63, 3.8) is 0 Å². The fourth-order valence-corrected chi connectivity index (χ4v) is 2.11. The topological polar surface area (TPSA) is 9.23 Å². The molecule has 0 aromatic heterocycles. The van der Waals surface area contributed by atoms with Gasteiger partial charge in [-0.25, -0.2) is 0 Å². The molecule has 15 heavy (non-hydrogen) atoms. The third-order valence-electron chi connectivity index (χ3n) is 3.59. The van der Waals surface area contributed by atoms with Crippen LogP contribution in [0.25, 0.3) is 0 Å². The van der Waals surface area contributed by atoms with Crippen LogP contribution in [0.15, 0.2) is 11.1 Å². The van der Waals surface area contributed by atoms with Crippen molar-refractivity contribution in [3.05, 3.63) is 11.1 Å². The van der Waals surface area contributed by atoms with Gasteiger partial charge in [-0.15, -0.1) is 0 Å². The second-order valence-electron chi connectivity index (χ2n) is 5.25. The third-order valence-corrected chi connectivity index (χ3v) is 3.59. The standard InChI is InChI=1S/C14H28O/c1-9(2)11(5)12(6)13(7)14(15-8)10(3)4/h9-10,13-14H,1-8H3/b12-11-/t13-,14?/m0/s1. The maximum absolute atomic E-state index is 5.59. The van der Waals surface area contributed by atoms with Crippen LogP contribution in [0, 0.1) is 17.8 Å². The summed E-state index contributed by atoms with van der Waals surface area (Å²) in [6, 6.07) is 0. The second-order valence-corrected chi connectivity index (χ2v) is 5.25. The monoisotopic (exact) mass is 212 g/mol. The summed E-state index contributed by atoms with van der Waals surface area (Å²) in [5, 5.41) is 0. The molecule has 0 aromatic rings. The molecule has 1 nitrogen and oxygen atoms in total. The number of methoxy groups -OCH3 is 1. The molecular formula is C14H28O. The van der Waals surface area contributed by atoms with E-state index < -0.39 is 0 Å². The van der Waals surface area contributed by atoms with Gasteiger partial charge in [0.25, 0.3) is 0 Å². The van der Waals surface area contributed by atoms with Gasteiger partial charge in [-0.05, 0) is 25.7 Å². The minimum absolute atomic E-state index is 0.332. The smallest absolute Gasteiger partial charge is 0.0656 e. The highest BCUT2D eigenvalue weighted by Crippen LogP contribution is 2.27. The Labute approximate surface area is 95.9 Å². The molecule has 0 aliphatic carbocycles. The number of rotatable bonds is 5. The lowest BCUT2D eigenvalue weighted by atomic mass is 9.84. The van der Waals surface area contributed by atoms with Crippen molar-refractivity contribution >= 4 is 0 Å². The van der Waals surface area contributed by atoms with Crippen molar-refractivity contribution in [2.75, 3.05) is 7.11 Å². The van der Waals surface area contributed by atoms with Crippen molar-refractivity contribution in [1.29, 1.82) is 0 Å². The molecule has 0 heterocycles. The molecule has 0 rings (SSSR count). The molecule has 0 radical (unpaired) electrons. The number of hydrogen-bond donors (Lipinski definition) is 0. The van der Waals surface area contributed by atoms with E-state index in [0.717, 1.165) is 0 Å². The van der Waals surface area contributed by atoms with Crippen LogP contribution in [0.4, 0.5) is 0 Å². The van der Waals surface area contributed by atoms with E-state index in [2.05, 4.69) is 48.5 Å². The molecule has 0 aromatic carbocycles. The van der Waals surface area contributed by atoms with Crippen LogP contribution in [0.1, 0.15) is 48.5 Å². The summed E-state index contributed by atoms with van der Waals surface area (Å²) < 4.78 is 5.59. The Morgan fingerprint density at radius 1 is 0.867 bits per heavy atom. The lowest BCUT2D eigenvalue weighted by Gasteiger charge is -2.28. The average molecular weight is 212 g/mol. The molecule has 90 valence electrons. The quantitative estimate of drug-likeness (QED) is 0.618. The molecule has 1 heteroatoms. The minimum Gasteiger partial charge on any atom is -0.381 e. The molecule has 0 bridgehead atoms. The van der Waals surface area contributed by atoms with Crippen molar-refractivity contribution in [2.24, 2.45) is 17.8 Å². The van der Waals surface area contributed by atoms with Crippen molar-refractivity contribution in [2.45, 2.75) is 54.6 Å². The van der Waals surface area contributed by atoms with Crippen molar-refractivity contribution < 1.29 is 4.74 Å². The molecule has 0 aliphatic heterocycles. The first-order chi connectivity index (χ1) is 6.82. The van der Waals surface area contributed by atoms with Crippen LogP contribution >= 0.6 is 0 Å². The van der Waals surface area contributed by atoms with E-state index >= 15 is 0 Å². The predicted molar refractivity (Wildman–Crippen MR) is 68.0 cm³/mol. The van der Waals surface area contributed by atoms with Gasteiger partial charge in [-0.2, -0.15) is 0 Å². The van der Waals surface area contributed by atoms with Gasteiger partial charge >= 0.3 is 0 Å². The van der Waals surface area contributed by atoms with E-state index in [9.17, 15) is 0 Å². The van der Waals surface area contributed by atoms with E-state index in [1.807, 2.05) is 7.11 Å². The third kappa shape index (κ3) is 3.98. The van der Waals surface area contributed by atoms with Crippen LogP contribution in [-0.2, 0) is 4.74 Å². The normalized spacial score (nSPS) is 18.0. The summed E-state index contributed by atoms with van der Waals surface area (Å²) in [5.41, 5.74) is 3.00. The number of ether oxygens (including phenoxy) is 1. The van der Waals surface area contributed by atoms with Crippen LogP contribution in [-0.4, -0.2) is 13.2 Å². The highest BCUT2D eigenvalue weighted by atomic mass is 16.5. The van der Waals surface area contributed by atoms with Crippen LogP contribution in [0.3, 0.4) is 0 Å². The van der Waals surface area contributed by atoms with Crippen molar-refractivity contribution in [3.8, 4) is 0 Å². The lowest BCUT2D eigenvalue weighted by Crippen LogP contribution is -2.27. The summed E-state index contributed by atoms with van der Waals surface area (Å²) in [4.78, 5) is 0. The zero-order valence-corrected chi connectivity index (χ0v) is 11.7. The van der Waals surface area contributed by atoms with Crippen molar-refractivity contribution in [1.82, 2.24) is 0 Å². The number of allylic oxidation sites excluding steroid dienone is 1. The summed E-state index contributed by atoms with van der Waals surface area (Å²) in [6.07, 6.45) is 0.332. The first-order valence-electron chi connectivity index (χ1n) is 6.02. The first kappa shape index (κ1) is 14.7. The Kier molecular flexibility index (Phi) is 6.19. The van der Waals surface area contributed by atoms with E-state index in [1.54, 1.807) is 0 Å². The largest absolute Gasteiger partial charge is 0.381 e. The fourth-order valence-electron chi connectivity index (χ4n) is 2.11. The molecule has 0 N–H and O–H groups in total. The molecule has 0 fully saturated rings. The van der Waals surface area contributed by atoms with Gasteiger partial charge in [0.05, 0.1) is 6.10 Å². The zero-order valence-electron chi connectivity index (χ0n) is 11.7. The first-order valence-corrected chi connectivity index (χ1v) is 6.02. The van der Waals surface area contributed by atoms with Gasteiger partial charge in [0.15, 0.2) is 0 Å². The van der Waals surface area contributed by atoms with Gasteiger partial charge in [-0.1, -0.05) is 45.8 Å². The van der Waals surface area contributed by atoms with Gasteiger partial charge in [0, 0.05) is 13.0 Å². The Hall–Kier alpha value is -0.300. The summed E-state index contributed by atoms with van der Waals surface area (Å²) in [6.45, 7) is 15.7. The summed E-state index contributed by atoms with van der Waals surface area (Å²) in [7, 11) is 1.82. The number of hydrogen-bond acceptors (Lipinski definition) is 1.